The summed E-state index contributed by atoms with van der Waals surface area (Å²) in [5.74, 6) is 3.24. The van der Waals surface area contributed by atoms with Crippen LogP contribution in [-0.4, -0.2) is 31.6 Å². The molecule has 7 nitrogen and oxygen atoms in total. The van der Waals surface area contributed by atoms with Crippen molar-refractivity contribution in [3.63, 3.8) is 0 Å². The molecule has 0 spiro atoms. The molecule has 4 aromatic rings. The maximum absolute atomic E-state index is 13.4. The zero-order valence-corrected chi connectivity index (χ0v) is 23.1. The number of fused-ring (bicyclic) bond motifs is 1. The normalized spacial score (nSPS) is 14.6. The first-order valence-electron chi connectivity index (χ1n) is 13.6. The minimum Gasteiger partial charge on any atom is -0.349 e. The van der Waals surface area contributed by atoms with Gasteiger partial charge in [0.15, 0.2) is 5.82 Å². The van der Waals surface area contributed by atoms with E-state index in [0.717, 1.165) is 61.3 Å². The molecule has 5 rings (SSSR count). The van der Waals surface area contributed by atoms with Crippen LogP contribution in [-0.2, 0) is 12.8 Å². The number of nitrogens with one attached hydrogen (secondary N) is 1. The third-order valence-corrected chi connectivity index (χ3v) is 8.05. The lowest BCUT2D eigenvalue weighted by Gasteiger charge is -2.20. The molecule has 1 aromatic carbocycles. The van der Waals surface area contributed by atoms with Crippen molar-refractivity contribution in [3.8, 4) is 0 Å². The van der Waals surface area contributed by atoms with Crippen molar-refractivity contribution in [1.82, 2.24) is 25.0 Å². The van der Waals surface area contributed by atoms with Gasteiger partial charge in [0.25, 0.3) is 5.91 Å². The maximum Gasteiger partial charge on any atom is 0.251 e. The minimum absolute atomic E-state index is 0.0654. The van der Waals surface area contributed by atoms with Gasteiger partial charge in [-0.05, 0) is 67.7 Å². The third-order valence-electron chi connectivity index (χ3n) is 7.18. The lowest BCUT2D eigenvalue weighted by atomic mass is 10.00. The number of imidazole rings is 1. The lowest BCUT2D eigenvalue weighted by Crippen LogP contribution is -2.37. The summed E-state index contributed by atoms with van der Waals surface area (Å²) in [6, 6.07) is 10.5. The van der Waals surface area contributed by atoms with Gasteiger partial charge >= 0.3 is 0 Å². The quantitative estimate of drug-likeness (QED) is 0.225. The van der Waals surface area contributed by atoms with Crippen molar-refractivity contribution in [2.24, 2.45) is 5.92 Å². The molecule has 1 amide bonds. The van der Waals surface area contributed by atoms with Gasteiger partial charge in [0, 0.05) is 41.3 Å². The van der Waals surface area contributed by atoms with E-state index in [2.05, 4.69) is 71.3 Å². The van der Waals surface area contributed by atoms with E-state index in [1.54, 1.807) is 11.3 Å². The fourth-order valence-electron chi connectivity index (χ4n) is 5.14. The van der Waals surface area contributed by atoms with E-state index in [1.165, 1.54) is 4.88 Å². The standard InChI is InChI=1S/C29H37N5O2S/c1-5-22(6-2)34-25-12-11-20(15-24(25)31-27(34)17-23-8-7-13-37-23)28(35)30-21(14-18(3)4)16-26-32-29(36-33-26)19-9-10-19/h7-8,11-13,15,18-19,21-22H,5-6,9-10,14,16-17H2,1-4H3,(H,30,35). The second-order valence-corrected chi connectivity index (χ2v) is 11.7. The van der Waals surface area contributed by atoms with Crippen LogP contribution in [0.5, 0.6) is 0 Å². The number of nitrogens with zero attached hydrogens (tertiary/aromatic N) is 4. The molecule has 1 aliphatic rings. The van der Waals surface area contributed by atoms with E-state index in [9.17, 15) is 4.79 Å². The second kappa shape index (κ2) is 11.2. The first kappa shape index (κ1) is 25.6. The summed E-state index contributed by atoms with van der Waals surface area (Å²) in [5, 5.41) is 9.52. The zero-order chi connectivity index (χ0) is 25.9. The molecule has 1 atom stereocenters. The van der Waals surface area contributed by atoms with E-state index in [0.29, 0.717) is 35.7 Å². The summed E-state index contributed by atoms with van der Waals surface area (Å²) in [5.41, 5.74) is 2.60. The number of amides is 1. The van der Waals surface area contributed by atoms with E-state index in [4.69, 9.17) is 9.51 Å². The molecule has 1 aliphatic carbocycles. The Kier molecular flexibility index (Phi) is 7.74. The van der Waals surface area contributed by atoms with Crippen molar-refractivity contribution in [3.05, 3.63) is 63.7 Å². The van der Waals surface area contributed by atoms with Crippen LogP contribution in [0.15, 0.2) is 40.2 Å². The van der Waals surface area contributed by atoms with Crippen molar-refractivity contribution in [2.75, 3.05) is 0 Å². The molecular weight excluding hydrogens is 482 g/mol. The number of benzene rings is 1. The number of hydrogen-bond acceptors (Lipinski definition) is 6. The monoisotopic (exact) mass is 519 g/mol. The van der Waals surface area contributed by atoms with E-state index < -0.39 is 0 Å². The fourth-order valence-corrected chi connectivity index (χ4v) is 5.84. The Labute approximate surface area is 222 Å². The first-order chi connectivity index (χ1) is 17.9. The van der Waals surface area contributed by atoms with E-state index in [1.807, 2.05) is 12.1 Å². The van der Waals surface area contributed by atoms with Gasteiger partial charge in [-0.1, -0.05) is 38.9 Å². The van der Waals surface area contributed by atoms with Crippen LogP contribution in [0.25, 0.3) is 11.0 Å². The molecule has 1 fully saturated rings. The zero-order valence-electron chi connectivity index (χ0n) is 22.2. The summed E-state index contributed by atoms with van der Waals surface area (Å²) in [4.78, 5) is 24.3. The minimum atomic E-state index is -0.0876. The van der Waals surface area contributed by atoms with Crippen molar-refractivity contribution < 1.29 is 9.32 Å². The Morgan fingerprint density at radius 2 is 2.00 bits per heavy atom. The molecule has 196 valence electrons. The van der Waals surface area contributed by atoms with Crippen LogP contribution in [0.1, 0.15) is 105 Å². The van der Waals surface area contributed by atoms with Gasteiger partial charge in [0.1, 0.15) is 5.82 Å². The van der Waals surface area contributed by atoms with Crippen LogP contribution < -0.4 is 5.32 Å². The number of rotatable bonds is 12. The molecule has 37 heavy (non-hydrogen) atoms. The number of aromatic nitrogens is 4. The smallest absolute Gasteiger partial charge is 0.251 e. The van der Waals surface area contributed by atoms with Crippen LogP contribution in [0.2, 0.25) is 0 Å². The highest BCUT2D eigenvalue weighted by atomic mass is 32.1. The average Bonchev–Trinajstić information content (AvgIpc) is 3.24. The molecule has 1 N–H and O–H groups in total. The van der Waals surface area contributed by atoms with Gasteiger partial charge < -0.3 is 14.4 Å². The van der Waals surface area contributed by atoms with E-state index >= 15 is 0 Å². The van der Waals surface area contributed by atoms with Crippen molar-refractivity contribution in [2.45, 2.75) is 90.6 Å². The molecule has 0 aliphatic heterocycles. The highest BCUT2D eigenvalue weighted by molar-refractivity contribution is 7.09. The first-order valence-corrected chi connectivity index (χ1v) is 14.5. The summed E-state index contributed by atoms with van der Waals surface area (Å²) in [6.45, 7) is 8.78. The molecule has 0 bridgehead atoms. The van der Waals surface area contributed by atoms with Gasteiger partial charge in [0.05, 0.1) is 11.0 Å². The van der Waals surface area contributed by atoms with Crippen LogP contribution in [0, 0.1) is 5.92 Å². The van der Waals surface area contributed by atoms with Crippen molar-refractivity contribution >= 4 is 28.3 Å². The predicted molar refractivity (Wildman–Crippen MR) is 147 cm³/mol. The molecule has 0 radical (unpaired) electrons. The van der Waals surface area contributed by atoms with Gasteiger partial charge in [-0.3, -0.25) is 4.79 Å². The SMILES string of the molecule is CCC(CC)n1c(Cc2cccs2)nc2cc(C(=O)NC(Cc3noc(C4CC4)n3)CC(C)C)ccc21. The molecular formula is C29H37N5O2S. The highest BCUT2D eigenvalue weighted by Crippen LogP contribution is 2.39. The second-order valence-electron chi connectivity index (χ2n) is 10.7. The Morgan fingerprint density at radius 3 is 2.68 bits per heavy atom. The largest absolute Gasteiger partial charge is 0.349 e. The number of carbonyl (C=O) groups excluding carboxylic acids is 1. The molecule has 1 unspecified atom stereocenters. The number of hydrogen-bond donors (Lipinski definition) is 1. The molecule has 8 heteroatoms. The van der Waals surface area contributed by atoms with Crippen LogP contribution >= 0.6 is 11.3 Å². The van der Waals surface area contributed by atoms with Crippen molar-refractivity contribution in [1.29, 1.82) is 0 Å². The summed E-state index contributed by atoms with van der Waals surface area (Å²) >= 11 is 1.76. The molecule has 1 saturated carbocycles. The topological polar surface area (TPSA) is 85.8 Å². The Hall–Kier alpha value is -3.00. The molecule has 3 heterocycles. The Bertz CT molecular complexity index is 1330. The maximum atomic E-state index is 13.4. The Morgan fingerprint density at radius 1 is 1.19 bits per heavy atom. The van der Waals surface area contributed by atoms with E-state index in [-0.39, 0.29) is 11.9 Å². The lowest BCUT2D eigenvalue weighted by molar-refractivity contribution is 0.0931. The average molecular weight is 520 g/mol. The fraction of sp³-hybridized carbons (Fsp3) is 0.517. The summed E-state index contributed by atoms with van der Waals surface area (Å²) in [6.07, 6.45) is 6.53. The molecule has 3 aromatic heterocycles. The third kappa shape index (κ3) is 5.95. The molecule has 0 saturated heterocycles. The highest BCUT2D eigenvalue weighted by Gasteiger charge is 2.30. The van der Waals surface area contributed by atoms with Gasteiger partial charge in [-0.15, -0.1) is 11.3 Å². The van der Waals surface area contributed by atoms with Crippen LogP contribution in [0.3, 0.4) is 0 Å². The van der Waals surface area contributed by atoms with Gasteiger partial charge in [-0.25, -0.2) is 4.98 Å². The number of thiophene rings is 1. The Balaban J connectivity index is 1.38. The van der Waals surface area contributed by atoms with Crippen LogP contribution in [0.4, 0.5) is 0 Å². The summed E-state index contributed by atoms with van der Waals surface area (Å²) in [7, 11) is 0. The van der Waals surface area contributed by atoms with Gasteiger partial charge in [0.2, 0.25) is 5.89 Å². The predicted octanol–water partition coefficient (Wildman–Crippen LogP) is 6.70. The number of carbonyl (C=O) groups is 1. The summed E-state index contributed by atoms with van der Waals surface area (Å²) < 4.78 is 7.82. The van der Waals surface area contributed by atoms with Gasteiger partial charge in [-0.2, -0.15) is 4.98 Å².